The highest BCUT2D eigenvalue weighted by Crippen LogP contribution is 2.38. The summed E-state index contributed by atoms with van der Waals surface area (Å²) in [6.07, 6.45) is 72.9. The van der Waals surface area contributed by atoms with E-state index in [2.05, 4.69) is 86.8 Å². The summed E-state index contributed by atoms with van der Waals surface area (Å²) >= 11 is 0. The number of esters is 1. The molecule has 77 heavy (non-hydrogen) atoms. The number of phosphoric acid groups is 1. The molecule has 0 bridgehead atoms. The Morgan fingerprint density at radius 3 is 1.21 bits per heavy atom. The van der Waals surface area contributed by atoms with Crippen LogP contribution in [0.25, 0.3) is 0 Å². The summed E-state index contributed by atoms with van der Waals surface area (Å²) in [4.78, 5) is 40.0. The Kier molecular flexibility index (Phi) is 54.8. The third-order valence-corrected chi connectivity index (χ3v) is 15.1. The van der Waals surface area contributed by atoms with E-state index in [0.29, 0.717) is 23.9 Å². The van der Waals surface area contributed by atoms with Crippen molar-refractivity contribution in [3.8, 4) is 0 Å². The molecule has 10 heteroatoms. The van der Waals surface area contributed by atoms with Gasteiger partial charge < -0.3 is 28.5 Å². The van der Waals surface area contributed by atoms with Crippen molar-refractivity contribution >= 4 is 19.7 Å². The first-order valence-corrected chi connectivity index (χ1v) is 33.7. The highest BCUT2D eigenvalue weighted by molar-refractivity contribution is 7.45. The van der Waals surface area contributed by atoms with Crippen LogP contribution in [0.5, 0.6) is 0 Å². The number of amides is 1. The number of quaternary nitrogens is 1. The number of nitrogens with one attached hydrogen (secondary N) is 1. The van der Waals surface area contributed by atoms with E-state index in [9.17, 15) is 19.0 Å². The topological polar surface area (TPSA) is 114 Å². The van der Waals surface area contributed by atoms with Crippen LogP contribution in [0.4, 0.5) is 0 Å². The van der Waals surface area contributed by atoms with Crippen molar-refractivity contribution < 1.29 is 37.3 Å². The van der Waals surface area contributed by atoms with Crippen LogP contribution in [0.3, 0.4) is 0 Å². The number of carbonyl (C=O) groups excluding carboxylic acids is 2. The van der Waals surface area contributed by atoms with Gasteiger partial charge in [0.1, 0.15) is 19.3 Å². The van der Waals surface area contributed by atoms with E-state index in [-0.39, 0.29) is 24.9 Å². The normalized spacial score (nSPS) is 14.1. The molecule has 1 N–H and O–H groups in total. The molecule has 0 rings (SSSR count). The van der Waals surface area contributed by atoms with Gasteiger partial charge in [-0.2, -0.15) is 0 Å². The molecule has 0 spiro atoms. The number of phosphoric ester groups is 1. The number of rotatable bonds is 58. The van der Waals surface area contributed by atoms with Crippen LogP contribution < -0.4 is 10.2 Å². The largest absolute Gasteiger partial charge is 0.756 e. The molecular formula is C67H123N2O7P. The maximum absolute atomic E-state index is 13.6. The Morgan fingerprint density at radius 1 is 0.455 bits per heavy atom. The lowest BCUT2D eigenvalue weighted by Crippen LogP contribution is -2.47. The maximum Gasteiger partial charge on any atom is 0.306 e. The Morgan fingerprint density at radius 2 is 0.792 bits per heavy atom. The first kappa shape index (κ1) is 74.5. The molecule has 0 aliphatic rings. The number of nitrogens with zero attached hydrogens (tertiary/aromatic N) is 1. The van der Waals surface area contributed by atoms with Gasteiger partial charge in [0.25, 0.3) is 7.82 Å². The van der Waals surface area contributed by atoms with Crippen LogP contribution in [0.15, 0.2) is 72.9 Å². The molecule has 0 aromatic heterocycles. The molecule has 0 heterocycles. The molecule has 3 unspecified atom stereocenters. The number of hydrogen-bond acceptors (Lipinski definition) is 7. The maximum atomic E-state index is 13.6. The van der Waals surface area contributed by atoms with E-state index in [1.807, 2.05) is 33.3 Å². The van der Waals surface area contributed by atoms with Crippen molar-refractivity contribution in [1.29, 1.82) is 0 Å². The number of hydrogen-bond donors (Lipinski definition) is 1. The van der Waals surface area contributed by atoms with Crippen molar-refractivity contribution in [2.24, 2.45) is 0 Å². The van der Waals surface area contributed by atoms with Crippen molar-refractivity contribution in [2.75, 3.05) is 40.9 Å². The molecule has 0 saturated heterocycles. The highest BCUT2D eigenvalue weighted by atomic mass is 31.2. The smallest absolute Gasteiger partial charge is 0.306 e. The Bertz CT molecular complexity index is 1550. The van der Waals surface area contributed by atoms with Crippen LogP contribution in [0.2, 0.25) is 0 Å². The lowest BCUT2D eigenvalue weighted by molar-refractivity contribution is -0.870. The predicted octanol–water partition coefficient (Wildman–Crippen LogP) is 19.4. The predicted molar refractivity (Wildman–Crippen MR) is 330 cm³/mol. The molecule has 448 valence electrons. The summed E-state index contributed by atoms with van der Waals surface area (Å²) in [5.41, 5.74) is 0. The second-order valence-electron chi connectivity index (χ2n) is 22.9. The van der Waals surface area contributed by atoms with Gasteiger partial charge in [-0.3, -0.25) is 14.2 Å². The summed E-state index contributed by atoms with van der Waals surface area (Å²) in [5, 5.41) is 3.03. The molecule has 9 nitrogen and oxygen atoms in total. The second kappa shape index (κ2) is 56.7. The zero-order valence-corrected chi connectivity index (χ0v) is 52.0. The number of carbonyl (C=O) groups is 2. The van der Waals surface area contributed by atoms with Gasteiger partial charge in [0.05, 0.1) is 33.8 Å². The molecule has 0 aliphatic heterocycles. The Hall–Kier alpha value is -2.55. The third-order valence-electron chi connectivity index (χ3n) is 14.1. The first-order valence-electron chi connectivity index (χ1n) is 32.2. The van der Waals surface area contributed by atoms with E-state index in [0.717, 1.165) is 89.9 Å². The number of unbranched alkanes of at least 4 members (excludes halogenated alkanes) is 32. The van der Waals surface area contributed by atoms with Gasteiger partial charge in [0.2, 0.25) is 5.91 Å². The van der Waals surface area contributed by atoms with Crippen molar-refractivity contribution in [2.45, 2.75) is 303 Å². The summed E-state index contributed by atoms with van der Waals surface area (Å²) in [7, 11) is 1.17. The average Bonchev–Trinajstić information content (AvgIpc) is 3.39. The fourth-order valence-corrected chi connectivity index (χ4v) is 9.81. The summed E-state index contributed by atoms with van der Waals surface area (Å²) < 4.78 is 30.3. The minimum absolute atomic E-state index is 0.0283. The quantitative estimate of drug-likeness (QED) is 0.0212. The Labute approximate surface area is 476 Å². The van der Waals surface area contributed by atoms with Crippen LogP contribution >= 0.6 is 7.82 Å². The molecule has 0 aliphatic carbocycles. The standard InChI is InChI=1S/C67H123N2O7P/c1-7-10-13-16-19-22-25-28-30-32-33-34-35-37-38-41-44-47-50-53-56-59-66(70)68-64(63-75-77(72,73)74-62-61-69(4,5)6)65(58-55-52-49-46-43-40-27-24-21-18-15-12-9-3)76-67(71)60-57-54-51-48-45-42-39-36-31-29-26-23-20-17-14-11-8-2/h19-20,22-23,28-31,39,42,55,58,64-65H,7-18,21,24-27,32-38,40-41,43-54,56-57,59-63H2,1-6H3,(H-,68,70,72,73)/b22-19-,23-20-,30-28-,31-29-,42-39-,58-55-. The molecule has 0 aromatic rings. The van der Waals surface area contributed by atoms with Crippen LogP contribution in [0.1, 0.15) is 290 Å². The van der Waals surface area contributed by atoms with E-state index >= 15 is 0 Å². The van der Waals surface area contributed by atoms with E-state index < -0.39 is 26.6 Å². The lowest BCUT2D eigenvalue weighted by Gasteiger charge is -2.30. The SMILES string of the molecule is CCCCC/C=C\C/C=C\C/C=C\CCCCCCC(=O)OC(/C=C\CCCCCCCCCCCCC)C(COP(=O)([O-])OCC[N+](C)(C)C)NC(=O)CCCCCCCCCCCCC/C=C\C/C=C\CCCCC. The third kappa shape index (κ3) is 57.9. The second-order valence-corrected chi connectivity index (χ2v) is 24.3. The number of allylic oxidation sites excluding steroid dienone is 11. The van der Waals surface area contributed by atoms with Crippen molar-refractivity contribution in [3.05, 3.63) is 72.9 Å². The molecule has 0 radical (unpaired) electrons. The van der Waals surface area contributed by atoms with E-state index in [4.69, 9.17) is 13.8 Å². The average molecular weight is 1100 g/mol. The van der Waals surface area contributed by atoms with Crippen LogP contribution in [0, 0.1) is 0 Å². The molecule has 1 amide bonds. The minimum atomic E-state index is -4.71. The number of likely N-dealkylation sites (N-methyl/N-ethyl adjacent to an activating group) is 1. The molecule has 3 atom stereocenters. The van der Waals surface area contributed by atoms with Gasteiger partial charge in [-0.15, -0.1) is 0 Å². The summed E-state index contributed by atoms with van der Waals surface area (Å²) in [6.45, 7) is 6.79. The van der Waals surface area contributed by atoms with Gasteiger partial charge >= 0.3 is 5.97 Å². The van der Waals surface area contributed by atoms with Gasteiger partial charge in [0.15, 0.2) is 0 Å². The monoisotopic (exact) mass is 1100 g/mol. The fraction of sp³-hybridized carbons (Fsp3) is 0.791. The molecular weight excluding hydrogens is 976 g/mol. The molecule has 0 aromatic carbocycles. The lowest BCUT2D eigenvalue weighted by atomic mass is 10.0. The van der Waals surface area contributed by atoms with Crippen molar-refractivity contribution in [3.63, 3.8) is 0 Å². The van der Waals surface area contributed by atoms with Crippen molar-refractivity contribution in [1.82, 2.24) is 5.32 Å². The fourth-order valence-electron chi connectivity index (χ4n) is 9.09. The number of ether oxygens (including phenoxy) is 1. The van der Waals surface area contributed by atoms with Gasteiger partial charge in [-0.25, -0.2) is 0 Å². The van der Waals surface area contributed by atoms with Crippen LogP contribution in [-0.4, -0.2) is 69.4 Å². The highest BCUT2D eigenvalue weighted by Gasteiger charge is 2.27. The van der Waals surface area contributed by atoms with E-state index in [1.54, 1.807) is 0 Å². The van der Waals surface area contributed by atoms with Gasteiger partial charge in [-0.05, 0) is 102 Å². The van der Waals surface area contributed by atoms with Gasteiger partial charge in [0, 0.05) is 12.8 Å². The van der Waals surface area contributed by atoms with Gasteiger partial charge in [-0.1, -0.05) is 248 Å². The molecule has 0 saturated carbocycles. The molecule has 0 fully saturated rings. The van der Waals surface area contributed by atoms with E-state index in [1.165, 1.54) is 161 Å². The zero-order chi connectivity index (χ0) is 56.4. The first-order chi connectivity index (χ1) is 37.4. The van der Waals surface area contributed by atoms with Crippen LogP contribution in [-0.2, 0) is 27.9 Å². The summed E-state index contributed by atoms with van der Waals surface area (Å²) in [5.74, 6) is -0.564. The minimum Gasteiger partial charge on any atom is -0.756 e. The summed E-state index contributed by atoms with van der Waals surface area (Å²) in [6, 6.07) is -0.901. The zero-order valence-electron chi connectivity index (χ0n) is 51.2. The Balaban J connectivity index is 5.27.